The van der Waals surface area contributed by atoms with Gasteiger partial charge in [-0.25, -0.2) is 4.39 Å². The summed E-state index contributed by atoms with van der Waals surface area (Å²) in [5.74, 6) is 4.42. The van der Waals surface area contributed by atoms with Crippen molar-refractivity contribution in [2.45, 2.75) is 26.2 Å². The third-order valence-electron chi connectivity index (χ3n) is 3.64. The van der Waals surface area contributed by atoms with Gasteiger partial charge >= 0.3 is 0 Å². The van der Waals surface area contributed by atoms with Crippen molar-refractivity contribution in [2.24, 2.45) is 11.3 Å². The number of hydrazine groups is 1. The van der Waals surface area contributed by atoms with Gasteiger partial charge in [-0.1, -0.05) is 19.4 Å². The Morgan fingerprint density at radius 1 is 1.50 bits per heavy atom. The second kappa shape index (κ2) is 4.94. The van der Waals surface area contributed by atoms with Crippen LogP contribution in [0.1, 0.15) is 36.5 Å². The number of para-hydroxylation sites is 1. The Labute approximate surface area is 106 Å². The maximum absolute atomic E-state index is 13.4. The molecule has 2 rings (SSSR count). The number of hydrogen-bond acceptors (Lipinski definition) is 3. The highest BCUT2D eigenvalue weighted by Crippen LogP contribution is 2.39. The zero-order valence-electron chi connectivity index (χ0n) is 10.4. The summed E-state index contributed by atoms with van der Waals surface area (Å²) in [4.78, 5) is 12.0. The molecule has 0 radical (unpaired) electrons. The molecule has 0 heterocycles. The highest BCUT2D eigenvalue weighted by molar-refractivity contribution is 5.99. The van der Waals surface area contributed by atoms with Crippen molar-refractivity contribution in [2.75, 3.05) is 12.0 Å². The van der Waals surface area contributed by atoms with Gasteiger partial charge in [0.15, 0.2) is 0 Å². The highest BCUT2D eigenvalue weighted by atomic mass is 19.1. The summed E-state index contributed by atoms with van der Waals surface area (Å²) in [7, 11) is 0. The van der Waals surface area contributed by atoms with Crippen molar-refractivity contribution in [3.8, 4) is 0 Å². The van der Waals surface area contributed by atoms with E-state index < -0.39 is 5.82 Å². The van der Waals surface area contributed by atoms with E-state index in [0.29, 0.717) is 6.54 Å². The van der Waals surface area contributed by atoms with Crippen LogP contribution < -0.4 is 16.6 Å². The molecule has 0 atom stereocenters. The Morgan fingerprint density at radius 3 is 2.78 bits per heavy atom. The fourth-order valence-corrected chi connectivity index (χ4v) is 2.21. The fraction of sp³-hybridized carbons (Fsp3) is 0.462. The number of carbonyl (C=O) groups excluding carboxylic acids is 1. The van der Waals surface area contributed by atoms with Crippen LogP contribution in [0.5, 0.6) is 0 Å². The minimum absolute atomic E-state index is 0.0359. The number of nitrogens with two attached hydrogens (primary N) is 1. The summed E-state index contributed by atoms with van der Waals surface area (Å²) in [6.07, 6.45) is 3.46. The van der Waals surface area contributed by atoms with Gasteiger partial charge in [-0.2, -0.15) is 0 Å². The summed E-state index contributed by atoms with van der Waals surface area (Å²) < 4.78 is 13.4. The molecule has 1 amide bonds. The molecule has 0 unspecified atom stereocenters. The smallest absolute Gasteiger partial charge is 0.253 e. The van der Waals surface area contributed by atoms with Gasteiger partial charge in [0.05, 0.1) is 11.3 Å². The number of halogens is 1. The molecule has 1 saturated carbocycles. The number of anilines is 1. The highest BCUT2D eigenvalue weighted by Gasteiger charge is 2.32. The molecule has 0 spiro atoms. The lowest BCUT2D eigenvalue weighted by molar-refractivity contribution is 0.0891. The van der Waals surface area contributed by atoms with Crippen molar-refractivity contribution < 1.29 is 9.18 Å². The first-order chi connectivity index (χ1) is 8.56. The van der Waals surface area contributed by atoms with Crippen LogP contribution >= 0.6 is 0 Å². The van der Waals surface area contributed by atoms with E-state index >= 15 is 0 Å². The molecule has 1 aromatic rings. The van der Waals surface area contributed by atoms with Crippen LogP contribution in [0.3, 0.4) is 0 Å². The molecule has 18 heavy (non-hydrogen) atoms. The summed E-state index contributed by atoms with van der Waals surface area (Å²) in [5.41, 5.74) is 2.70. The second-order valence-electron chi connectivity index (χ2n) is 5.15. The Kier molecular flexibility index (Phi) is 3.52. The number of nitrogen functional groups attached to an aromatic ring is 1. The lowest BCUT2D eigenvalue weighted by atomic mass is 9.70. The van der Waals surface area contributed by atoms with Crippen LogP contribution in [-0.2, 0) is 0 Å². The third-order valence-corrected chi connectivity index (χ3v) is 3.64. The lowest BCUT2D eigenvalue weighted by Crippen LogP contribution is -2.40. The average Bonchev–Trinajstić information content (AvgIpc) is 2.33. The van der Waals surface area contributed by atoms with E-state index in [9.17, 15) is 9.18 Å². The minimum Gasteiger partial charge on any atom is -0.351 e. The zero-order chi connectivity index (χ0) is 13.2. The van der Waals surface area contributed by atoms with Crippen molar-refractivity contribution in [1.82, 2.24) is 5.32 Å². The van der Waals surface area contributed by atoms with Crippen LogP contribution in [0.25, 0.3) is 0 Å². The van der Waals surface area contributed by atoms with Crippen LogP contribution in [0.2, 0.25) is 0 Å². The number of amides is 1. The second-order valence-corrected chi connectivity index (χ2v) is 5.15. The average molecular weight is 251 g/mol. The van der Waals surface area contributed by atoms with Gasteiger partial charge in [-0.15, -0.1) is 0 Å². The first kappa shape index (κ1) is 12.8. The van der Waals surface area contributed by atoms with Crippen molar-refractivity contribution in [3.05, 3.63) is 29.6 Å². The Bertz CT molecular complexity index is 458. The van der Waals surface area contributed by atoms with Gasteiger partial charge in [0.1, 0.15) is 5.82 Å². The molecule has 0 aliphatic heterocycles. The molecular weight excluding hydrogens is 233 g/mol. The molecule has 4 nitrogen and oxygen atoms in total. The molecule has 4 N–H and O–H groups in total. The summed E-state index contributed by atoms with van der Waals surface area (Å²) in [6.45, 7) is 2.76. The van der Waals surface area contributed by atoms with Crippen LogP contribution in [-0.4, -0.2) is 12.5 Å². The van der Waals surface area contributed by atoms with E-state index in [4.69, 9.17) is 5.84 Å². The summed E-state index contributed by atoms with van der Waals surface area (Å²) >= 11 is 0. The van der Waals surface area contributed by atoms with E-state index in [1.54, 1.807) is 6.07 Å². The van der Waals surface area contributed by atoms with E-state index in [0.717, 1.165) is 12.8 Å². The zero-order valence-corrected chi connectivity index (χ0v) is 10.4. The molecule has 0 aromatic heterocycles. The van der Waals surface area contributed by atoms with E-state index in [-0.39, 0.29) is 22.6 Å². The first-order valence-electron chi connectivity index (χ1n) is 6.09. The minimum atomic E-state index is -0.528. The molecule has 5 heteroatoms. The van der Waals surface area contributed by atoms with Gasteiger partial charge in [0, 0.05) is 6.54 Å². The monoisotopic (exact) mass is 251 g/mol. The number of nitrogens with one attached hydrogen (secondary N) is 2. The molecular formula is C13H18FN3O. The van der Waals surface area contributed by atoms with Gasteiger partial charge in [0.2, 0.25) is 0 Å². The number of hydrogen-bond donors (Lipinski definition) is 3. The number of rotatable bonds is 4. The number of benzene rings is 1. The Balaban J connectivity index is 2.06. The fourth-order valence-electron chi connectivity index (χ4n) is 2.21. The van der Waals surface area contributed by atoms with Crippen LogP contribution in [0.4, 0.5) is 10.1 Å². The van der Waals surface area contributed by atoms with Crippen molar-refractivity contribution in [1.29, 1.82) is 0 Å². The maximum Gasteiger partial charge on any atom is 0.253 e. The third kappa shape index (κ3) is 2.46. The molecule has 1 fully saturated rings. The lowest BCUT2D eigenvalue weighted by Gasteiger charge is -2.38. The molecule has 0 saturated heterocycles. The van der Waals surface area contributed by atoms with Gasteiger partial charge in [-0.05, 0) is 30.4 Å². The predicted molar refractivity (Wildman–Crippen MR) is 68.5 cm³/mol. The first-order valence-corrected chi connectivity index (χ1v) is 6.09. The van der Waals surface area contributed by atoms with Gasteiger partial charge in [0.25, 0.3) is 5.91 Å². The quantitative estimate of drug-likeness (QED) is 0.566. The molecule has 1 aliphatic carbocycles. The predicted octanol–water partition coefficient (Wildman–Crippen LogP) is 2.03. The van der Waals surface area contributed by atoms with Crippen LogP contribution in [0, 0.1) is 11.2 Å². The van der Waals surface area contributed by atoms with Gasteiger partial charge in [-0.3, -0.25) is 10.6 Å². The summed E-state index contributed by atoms with van der Waals surface area (Å²) in [6, 6.07) is 4.31. The normalized spacial score (nSPS) is 16.8. The molecule has 0 bridgehead atoms. The number of carbonyl (C=O) groups is 1. The largest absolute Gasteiger partial charge is 0.351 e. The van der Waals surface area contributed by atoms with E-state index in [2.05, 4.69) is 17.7 Å². The SMILES string of the molecule is CC1(CNC(=O)c2cccc(F)c2NN)CCC1. The maximum atomic E-state index is 13.4. The molecule has 1 aromatic carbocycles. The Morgan fingerprint density at radius 2 is 2.22 bits per heavy atom. The van der Waals surface area contributed by atoms with Gasteiger partial charge < -0.3 is 10.7 Å². The van der Waals surface area contributed by atoms with Crippen LogP contribution in [0.15, 0.2) is 18.2 Å². The standard InChI is InChI=1S/C13H18FN3O/c1-13(6-3-7-13)8-16-12(18)9-4-2-5-10(14)11(9)17-15/h2,4-5,17H,3,6-8,15H2,1H3,(H,16,18). The van der Waals surface area contributed by atoms with Crippen molar-refractivity contribution in [3.63, 3.8) is 0 Å². The van der Waals surface area contributed by atoms with E-state index in [1.165, 1.54) is 18.6 Å². The molecule has 98 valence electrons. The molecule has 1 aliphatic rings. The van der Waals surface area contributed by atoms with Crippen molar-refractivity contribution >= 4 is 11.6 Å². The topological polar surface area (TPSA) is 67.2 Å². The summed E-state index contributed by atoms with van der Waals surface area (Å²) in [5, 5.41) is 2.84. The Hall–Kier alpha value is -1.62. The van der Waals surface area contributed by atoms with E-state index in [1.807, 2.05) is 0 Å².